The smallest absolute Gasteiger partial charge is 0.427 e. The van der Waals surface area contributed by atoms with Crippen molar-refractivity contribution in [2.75, 3.05) is 22.7 Å². The van der Waals surface area contributed by atoms with Crippen LogP contribution in [0.25, 0.3) is 4.96 Å². The Bertz CT molecular complexity index is 1600. The first-order chi connectivity index (χ1) is 18.8. The molecule has 2 amide bonds. The third kappa shape index (κ3) is 6.17. The number of carbonyl (C=O) groups is 2. The second-order valence-corrected chi connectivity index (χ2v) is 13.0. The molecule has 0 fully saturated rings. The van der Waals surface area contributed by atoms with Gasteiger partial charge >= 0.3 is 12.3 Å². The summed E-state index contributed by atoms with van der Waals surface area (Å²) in [6.07, 6.45) is -5.74. The van der Waals surface area contributed by atoms with Crippen molar-refractivity contribution < 1.29 is 45.8 Å². The van der Waals surface area contributed by atoms with Crippen molar-refractivity contribution in [2.45, 2.75) is 56.2 Å². The van der Waals surface area contributed by atoms with Gasteiger partial charge in [-0.2, -0.15) is 21.6 Å². The number of ether oxygens (including phenoxy) is 2. The maximum Gasteiger partial charge on any atom is 0.427 e. The Kier molecular flexibility index (Phi) is 7.87. The second kappa shape index (κ2) is 10.5. The molecule has 3 N–H and O–H groups in total. The summed E-state index contributed by atoms with van der Waals surface area (Å²) in [7, 11) is -4.48. The summed E-state index contributed by atoms with van der Waals surface area (Å²) in [5.41, 5.74) is -4.67. The van der Waals surface area contributed by atoms with Crippen LogP contribution in [0.4, 0.5) is 29.3 Å². The summed E-state index contributed by atoms with van der Waals surface area (Å²) in [6.45, 7) is 3.36. The molecule has 224 valence electrons. The van der Waals surface area contributed by atoms with Crippen molar-refractivity contribution in [3.05, 3.63) is 34.9 Å². The lowest BCUT2D eigenvalue weighted by molar-refractivity contribution is -0.242. The van der Waals surface area contributed by atoms with Gasteiger partial charge in [0.05, 0.1) is 18.8 Å². The standard InChI is InChI=1S/C23H25ClF3N5O7S2/c1-21(2,35)18(33)28-10-13-11-32(41(36,37)17-16(24)30-19-31(17)7-8-40-19)14-9-12(5-6-15(14)38-13)29-20(34)39-22(3,4)23(25,26)27/h5-9,13,35H,10-11H2,1-4H3,(H,28,33)(H,29,34)/t13-/m0/s1. The molecular formula is C23H25ClF3N5O7S2. The molecule has 3 heterocycles. The van der Waals surface area contributed by atoms with Crippen molar-refractivity contribution in [1.29, 1.82) is 0 Å². The number of sulfonamides is 1. The largest absolute Gasteiger partial charge is 0.484 e. The van der Waals surface area contributed by atoms with Gasteiger partial charge in [0.2, 0.25) is 5.60 Å². The number of rotatable bonds is 7. The van der Waals surface area contributed by atoms with Crippen LogP contribution in [0.1, 0.15) is 27.7 Å². The van der Waals surface area contributed by atoms with E-state index in [2.05, 4.69) is 20.4 Å². The number of hydrogen-bond acceptors (Lipinski definition) is 9. The van der Waals surface area contributed by atoms with E-state index in [0.29, 0.717) is 18.8 Å². The van der Waals surface area contributed by atoms with Crippen LogP contribution in [-0.4, -0.2) is 71.5 Å². The Hall–Kier alpha value is -3.28. The first-order valence-electron chi connectivity index (χ1n) is 11.8. The number of fused-ring (bicyclic) bond motifs is 2. The maximum absolute atomic E-state index is 14.0. The maximum atomic E-state index is 14.0. The fourth-order valence-electron chi connectivity index (χ4n) is 3.65. The van der Waals surface area contributed by atoms with Crippen LogP contribution < -0.4 is 19.7 Å². The zero-order valence-electron chi connectivity index (χ0n) is 21.9. The normalized spacial score (nSPS) is 16.2. The van der Waals surface area contributed by atoms with E-state index in [0.717, 1.165) is 15.6 Å². The van der Waals surface area contributed by atoms with E-state index in [1.54, 1.807) is 5.38 Å². The van der Waals surface area contributed by atoms with Gasteiger partial charge < -0.3 is 19.9 Å². The van der Waals surface area contributed by atoms with Crippen LogP contribution in [0.3, 0.4) is 0 Å². The highest BCUT2D eigenvalue weighted by Crippen LogP contribution is 2.41. The zero-order chi connectivity index (χ0) is 30.5. The van der Waals surface area contributed by atoms with Gasteiger partial charge in [-0.1, -0.05) is 11.6 Å². The average Bonchev–Trinajstić information content (AvgIpc) is 3.40. The summed E-state index contributed by atoms with van der Waals surface area (Å²) in [5, 5.41) is 15.5. The molecule has 0 unspecified atom stereocenters. The minimum Gasteiger partial charge on any atom is -0.484 e. The van der Waals surface area contributed by atoms with Crippen LogP contribution in [0, 0.1) is 0 Å². The Morgan fingerprint density at radius 3 is 2.59 bits per heavy atom. The summed E-state index contributed by atoms with van der Waals surface area (Å²) in [5.74, 6) is -0.709. The number of halogens is 4. The number of imidazole rings is 1. The molecule has 2 aromatic heterocycles. The second-order valence-electron chi connectivity index (χ2n) is 10.0. The van der Waals surface area contributed by atoms with Gasteiger partial charge in [-0.15, -0.1) is 11.3 Å². The predicted molar refractivity (Wildman–Crippen MR) is 143 cm³/mol. The van der Waals surface area contributed by atoms with Crippen LogP contribution >= 0.6 is 22.9 Å². The minimum atomic E-state index is -4.84. The number of benzene rings is 1. The van der Waals surface area contributed by atoms with E-state index in [1.807, 2.05) is 0 Å². The van der Waals surface area contributed by atoms with Crippen LogP contribution in [0.2, 0.25) is 5.15 Å². The number of nitrogens with zero attached hydrogens (tertiary/aromatic N) is 3. The lowest BCUT2D eigenvalue weighted by Gasteiger charge is -2.36. The average molecular weight is 640 g/mol. The fourth-order valence-corrected chi connectivity index (χ4v) is 6.57. The van der Waals surface area contributed by atoms with Crippen molar-refractivity contribution in [3.8, 4) is 5.75 Å². The third-order valence-corrected chi connectivity index (χ3v) is 8.86. The SMILES string of the molecule is CC(C)(O)C(=O)NC[C@H]1CN(S(=O)(=O)c2c(Cl)nc3sccn23)c2cc(NC(=O)OC(C)(C)C(F)(F)F)ccc2O1. The molecule has 1 aliphatic rings. The van der Waals surface area contributed by atoms with Crippen LogP contribution in [0.5, 0.6) is 5.75 Å². The molecule has 0 aliphatic carbocycles. The molecule has 41 heavy (non-hydrogen) atoms. The van der Waals surface area contributed by atoms with E-state index in [9.17, 15) is 36.3 Å². The van der Waals surface area contributed by atoms with E-state index in [1.165, 1.54) is 42.6 Å². The van der Waals surface area contributed by atoms with Crippen molar-refractivity contribution in [1.82, 2.24) is 14.7 Å². The third-order valence-electron chi connectivity index (χ3n) is 5.93. The molecule has 0 saturated heterocycles. The van der Waals surface area contributed by atoms with E-state index < -0.39 is 45.5 Å². The number of amides is 2. The van der Waals surface area contributed by atoms with E-state index in [4.69, 9.17) is 16.3 Å². The molecule has 0 radical (unpaired) electrons. The topological polar surface area (TPSA) is 152 Å². The van der Waals surface area contributed by atoms with Crippen molar-refractivity contribution >= 4 is 61.3 Å². The molecule has 1 aliphatic heterocycles. The number of thiazole rings is 1. The number of alkyl halides is 3. The first kappa shape index (κ1) is 30.7. The fraction of sp³-hybridized carbons (Fsp3) is 0.435. The number of hydrogen-bond donors (Lipinski definition) is 3. The van der Waals surface area contributed by atoms with Gasteiger partial charge in [0.15, 0.2) is 15.1 Å². The van der Waals surface area contributed by atoms with Gasteiger partial charge in [-0.25, -0.2) is 9.78 Å². The minimum absolute atomic E-state index is 0.0130. The van der Waals surface area contributed by atoms with Crippen LogP contribution in [0.15, 0.2) is 34.8 Å². The number of aromatic nitrogens is 2. The molecule has 0 bridgehead atoms. The predicted octanol–water partition coefficient (Wildman–Crippen LogP) is 3.78. The molecule has 0 saturated carbocycles. The van der Waals surface area contributed by atoms with E-state index >= 15 is 0 Å². The highest BCUT2D eigenvalue weighted by Gasteiger charge is 2.51. The van der Waals surface area contributed by atoms with Crippen molar-refractivity contribution in [2.24, 2.45) is 0 Å². The lowest BCUT2D eigenvalue weighted by Crippen LogP contribution is -2.51. The Balaban J connectivity index is 1.70. The quantitative estimate of drug-likeness (QED) is 0.353. The molecule has 0 spiro atoms. The Labute approximate surface area is 241 Å². The molecular weight excluding hydrogens is 615 g/mol. The lowest BCUT2D eigenvalue weighted by atomic mass is 10.1. The number of anilines is 2. The van der Waals surface area contributed by atoms with Crippen LogP contribution in [-0.2, 0) is 19.6 Å². The monoisotopic (exact) mass is 639 g/mol. The highest BCUT2D eigenvalue weighted by atomic mass is 35.5. The molecule has 12 nitrogen and oxygen atoms in total. The summed E-state index contributed by atoms with van der Waals surface area (Å²) in [4.78, 5) is 28.8. The zero-order valence-corrected chi connectivity index (χ0v) is 24.3. The number of nitrogens with one attached hydrogen (secondary N) is 2. The highest BCUT2D eigenvalue weighted by molar-refractivity contribution is 7.92. The van der Waals surface area contributed by atoms with Gasteiger partial charge in [-0.3, -0.25) is 18.8 Å². The summed E-state index contributed by atoms with van der Waals surface area (Å²) in [6, 6.07) is 3.75. The number of aliphatic hydroxyl groups is 1. The van der Waals surface area contributed by atoms with E-state index in [-0.39, 0.29) is 40.4 Å². The van der Waals surface area contributed by atoms with Gasteiger partial charge in [0.25, 0.3) is 15.9 Å². The molecule has 3 aromatic rings. The Morgan fingerprint density at radius 2 is 1.95 bits per heavy atom. The molecule has 4 rings (SSSR count). The van der Waals surface area contributed by atoms with Gasteiger partial charge in [0, 0.05) is 17.3 Å². The molecule has 1 aromatic carbocycles. The molecule has 18 heteroatoms. The summed E-state index contributed by atoms with van der Waals surface area (Å²) < 4.78 is 80.1. The number of carbonyl (C=O) groups excluding carboxylic acids is 2. The van der Waals surface area contributed by atoms with Crippen molar-refractivity contribution in [3.63, 3.8) is 0 Å². The van der Waals surface area contributed by atoms with Gasteiger partial charge in [0.1, 0.15) is 17.5 Å². The summed E-state index contributed by atoms with van der Waals surface area (Å²) >= 11 is 7.36. The first-order valence-corrected chi connectivity index (χ1v) is 14.5. The molecule has 1 atom stereocenters. The van der Waals surface area contributed by atoms with Gasteiger partial charge in [-0.05, 0) is 45.9 Å². The Morgan fingerprint density at radius 1 is 1.27 bits per heavy atom.